The minimum absolute atomic E-state index is 0.199. The lowest BCUT2D eigenvalue weighted by Gasteiger charge is -2.20. The topological polar surface area (TPSA) is 59.3 Å². The van der Waals surface area contributed by atoms with Gasteiger partial charge in [-0.25, -0.2) is 0 Å². The molecule has 4 nitrogen and oxygen atoms in total. The van der Waals surface area contributed by atoms with Gasteiger partial charge in [0.1, 0.15) is 0 Å². The maximum Gasteiger partial charge on any atom is 0.311 e. The van der Waals surface area contributed by atoms with Crippen molar-refractivity contribution in [1.82, 2.24) is 0 Å². The van der Waals surface area contributed by atoms with E-state index in [1.165, 1.54) is 32.8 Å². The molecule has 3 rings (SSSR count). The van der Waals surface area contributed by atoms with Crippen molar-refractivity contribution < 1.29 is 14.3 Å². The molecule has 0 spiro atoms. The van der Waals surface area contributed by atoms with Crippen molar-refractivity contribution in [2.75, 3.05) is 7.11 Å². The van der Waals surface area contributed by atoms with Crippen LogP contribution in [-0.2, 0) is 4.79 Å². The fourth-order valence-electron chi connectivity index (χ4n) is 3.83. The molecular formula is C17H19NO3. The number of benzene rings is 1. The minimum Gasteiger partial charge on any atom is -0.493 e. The van der Waals surface area contributed by atoms with Gasteiger partial charge in [-0.1, -0.05) is 6.42 Å². The Morgan fingerprint density at radius 2 is 2.19 bits per heavy atom. The highest BCUT2D eigenvalue weighted by Crippen LogP contribution is 2.49. The third-order valence-corrected chi connectivity index (χ3v) is 4.83. The Morgan fingerprint density at radius 3 is 2.81 bits per heavy atom. The lowest BCUT2D eigenvalue weighted by Crippen LogP contribution is -2.18. The average Bonchev–Trinajstić information content (AvgIpc) is 3.10. The summed E-state index contributed by atoms with van der Waals surface area (Å²) in [6.07, 6.45) is 5.55. The molecule has 2 fully saturated rings. The highest BCUT2D eigenvalue weighted by Gasteiger charge is 2.40. The van der Waals surface area contributed by atoms with Gasteiger partial charge in [-0.2, -0.15) is 5.26 Å². The van der Waals surface area contributed by atoms with Gasteiger partial charge < -0.3 is 9.47 Å². The summed E-state index contributed by atoms with van der Waals surface area (Å²) in [4.78, 5) is 12.1. The second-order valence-electron chi connectivity index (χ2n) is 6.09. The Labute approximate surface area is 124 Å². The molecule has 0 N–H and O–H groups in total. The third-order valence-electron chi connectivity index (χ3n) is 4.83. The van der Waals surface area contributed by atoms with E-state index in [1.807, 2.05) is 6.07 Å². The number of nitriles is 1. The van der Waals surface area contributed by atoms with Crippen molar-refractivity contribution >= 4 is 5.97 Å². The molecule has 0 unspecified atom stereocenters. The molecule has 21 heavy (non-hydrogen) atoms. The summed E-state index contributed by atoms with van der Waals surface area (Å²) in [7, 11) is 1.50. The fourth-order valence-corrected chi connectivity index (χ4v) is 3.83. The Bertz CT molecular complexity index is 590. The monoisotopic (exact) mass is 285 g/mol. The molecule has 2 bridgehead atoms. The number of fused-ring (bicyclic) bond motifs is 2. The molecule has 1 aromatic rings. The van der Waals surface area contributed by atoms with E-state index >= 15 is 0 Å². The van der Waals surface area contributed by atoms with Crippen molar-refractivity contribution in [3.8, 4) is 17.6 Å². The second kappa shape index (κ2) is 5.77. The third kappa shape index (κ3) is 2.87. The number of hydrogen-bond donors (Lipinski definition) is 0. The van der Waals surface area contributed by atoms with Crippen LogP contribution >= 0.6 is 0 Å². The Morgan fingerprint density at radius 1 is 1.33 bits per heavy atom. The molecule has 0 amide bonds. The largest absolute Gasteiger partial charge is 0.493 e. The molecule has 0 aliphatic heterocycles. The first-order valence-electron chi connectivity index (χ1n) is 7.48. The average molecular weight is 285 g/mol. The predicted molar refractivity (Wildman–Crippen MR) is 76.9 cm³/mol. The van der Waals surface area contributed by atoms with E-state index in [2.05, 4.69) is 0 Å². The number of carbonyl (C=O) groups excluding carboxylic acids is 1. The molecular weight excluding hydrogens is 266 g/mol. The molecule has 1 aromatic carbocycles. The Kier molecular flexibility index (Phi) is 3.83. The summed E-state index contributed by atoms with van der Waals surface area (Å²) in [5, 5.41) is 8.87. The summed E-state index contributed by atoms with van der Waals surface area (Å²) in [5.41, 5.74) is 0.486. The van der Waals surface area contributed by atoms with Crippen LogP contribution in [0.5, 0.6) is 11.5 Å². The van der Waals surface area contributed by atoms with Gasteiger partial charge in [0, 0.05) is 12.5 Å². The van der Waals surface area contributed by atoms with Crippen LogP contribution in [0, 0.1) is 29.1 Å². The molecule has 0 saturated heterocycles. The van der Waals surface area contributed by atoms with E-state index in [4.69, 9.17) is 14.7 Å². The van der Waals surface area contributed by atoms with Crippen molar-refractivity contribution in [2.24, 2.45) is 17.8 Å². The molecule has 110 valence electrons. The summed E-state index contributed by atoms with van der Waals surface area (Å²) >= 11 is 0. The van der Waals surface area contributed by atoms with Crippen LogP contribution in [-0.4, -0.2) is 13.1 Å². The van der Waals surface area contributed by atoms with Gasteiger partial charge in [-0.05, 0) is 49.1 Å². The van der Waals surface area contributed by atoms with Crippen LogP contribution in [0.4, 0.5) is 0 Å². The molecule has 2 saturated carbocycles. The Balaban J connectivity index is 1.63. The first-order valence-corrected chi connectivity index (χ1v) is 7.48. The van der Waals surface area contributed by atoms with Crippen LogP contribution in [0.1, 0.15) is 37.7 Å². The van der Waals surface area contributed by atoms with Crippen molar-refractivity contribution in [2.45, 2.75) is 32.1 Å². The molecule has 4 heteroatoms. The molecule has 3 atom stereocenters. The number of hydrogen-bond acceptors (Lipinski definition) is 4. The van der Waals surface area contributed by atoms with Crippen LogP contribution in [0.2, 0.25) is 0 Å². The summed E-state index contributed by atoms with van der Waals surface area (Å²) < 4.78 is 10.6. The SMILES string of the molecule is COc1cc(C#N)ccc1OC(=O)C[C@H]1C[C@H]2CC[C@@H]1C2. The van der Waals surface area contributed by atoms with Gasteiger partial charge in [0.05, 0.1) is 18.7 Å². The lowest BCUT2D eigenvalue weighted by atomic mass is 9.86. The van der Waals surface area contributed by atoms with E-state index in [-0.39, 0.29) is 5.97 Å². The van der Waals surface area contributed by atoms with E-state index in [1.54, 1.807) is 18.2 Å². The smallest absolute Gasteiger partial charge is 0.311 e. The molecule has 0 heterocycles. The van der Waals surface area contributed by atoms with Crippen molar-refractivity contribution in [1.29, 1.82) is 5.26 Å². The number of rotatable bonds is 4. The molecule has 0 aromatic heterocycles. The maximum atomic E-state index is 12.1. The van der Waals surface area contributed by atoms with Gasteiger partial charge in [0.15, 0.2) is 11.5 Å². The summed E-state index contributed by atoms with van der Waals surface area (Å²) in [5.74, 6) is 2.65. The zero-order chi connectivity index (χ0) is 14.8. The van der Waals surface area contributed by atoms with E-state index in [9.17, 15) is 4.79 Å². The number of carbonyl (C=O) groups is 1. The molecule has 2 aliphatic carbocycles. The van der Waals surface area contributed by atoms with E-state index in [0.717, 1.165) is 5.92 Å². The zero-order valence-corrected chi connectivity index (χ0v) is 12.2. The first kappa shape index (κ1) is 13.9. The van der Waals surface area contributed by atoms with Crippen LogP contribution in [0.3, 0.4) is 0 Å². The fraction of sp³-hybridized carbons (Fsp3) is 0.529. The number of nitrogens with zero attached hydrogens (tertiary/aromatic N) is 1. The highest BCUT2D eigenvalue weighted by molar-refractivity contribution is 5.73. The van der Waals surface area contributed by atoms with E-state index in [0.29, 0.717) is 35.3 Å². The van der Waals surface area contributed by atoms with Crippen LogP contribution < -0.4 is 9.47 Å². The predicted octanol–water partition coefficient (Wildman–Crippen LogP) is 3.30. The van der Waals surface area contributed by atoms with E-state index < -0.39 is 0 Å². The second-order valence-corrected chi connectivity index (χ2v) is 6.09. The maximum absolute atomic E-state index is 12.1. The minimum atomic E-state index is -0.199. The highest BCUT2D eigenvalue weighted by atomic mass is 16.6. The number of esters is 1. The van der Waals surface area contributed by atoms with Crippen LogP contribution in [0.15, 0.2) is 18.2 Å². The zero-order valence-electron chi connectivity index (χ0n) is 12.2. The number of ether oxygens (including phenoxy) is 2. The van der Waals surface area contributed by atoms with Crippen LogP contribution in [0.25, 0.3) is 0 Å². The van der Waals surface area contributed by atoms with Gasteiger partial charge in [-0.3, -0.25) is 4.79 Å². The normalized spacial score (nSPS) is 26.4. The molecule has 0 radical (unpaired) electrons. The standard InChI is InChI=1S/C17H19NO3/c1-20-16-8-12(10-18)3-5-15(16)21-17(19)9-14-7-11-2-4-13(14)6-11/h3,5,8,11,13-14H,2,4,6-7,9H2,1H3/t11-,13+,14+/m0/s1. The summed E-state index contributed by atoms with van der Waals surface area (Å²) in [6, 6.07) is 6.87. The first-order chi connectivity index (χ1) is 10.2. The number of methoxy groups -OCH3 is 1. The molecule has 2 aliphatic rings. The van der Waals surface area contributed by atoms with Gasteiger partial charge in [0.2, 0.25) is 0 Å². The van der Waals surface area contributed by atoms with Gasteiger partial charge in [0.25, 0.3) is 0 Å². The quantitative estimate of drug-likeness (QED) is 0.629. The Hall–Kier alpha value is -2.02. The lowest BCUT2D eigenvalue weighted by molar-refractivity contribution is -0.136. The van der Waals surface area contributed by atoms with Crippen molar-refractivity contribution in [3.63, 3.8) is 0 Å². The van der Waals surface area contributed by atoms with Crippen molar-refractivity contribution in [3.05, 3.63) is 23.8 Å². The summed E-state index contributed by atoms with van der Waals surface area (Å²) in [6.45, 7) is 0. The van der Waals surface area contributed by atoms with Gasteiger partial charge in [-0.15, -0.1) is 0 Å². The van der Waals surface area contributed by atoms with Gasteiger partial charge >= 0.3 is 5.97 Å².